The molecule has 1 amide bonds. The first-order valence-electron chi connectivity index (χ1n) is 7.47. The predicted molar refractivity (Wildman–Crippen MR) is 87.9 cm³/mol. The van der Waals surface area contributed by atoms with Crippen LogP contribution in [0.4, 0.5) is 0 Å². The van der Waals surface area contributed by atoms with Crippen LogP contribution in [0.5, 0.6) is 0 Å². The monoisotopic (exact) mass is 294 g/mol. The molecule has 0 aliphatic rings. The smallest absolute Gasteiger partial charge is 0.253 e. The second-order valence-electron chi connectivity index (χ2n) is 5.24. The Bertz CT molecular complexity index is 814. The number of aromatic nitrogens is 1. The lowest BCUT2D eigenvalue weighted by Gasteiger charge is -2.08. The molecule has 0 unspecified atom stereocenters. The van der Waals surface area contributed by atoms with Crippen LogP contribution < -0.4 is 5.32 Å². The van der Waals surface area contributed by atoms with Crippen LogP contribution in [0.15, 0.2) is 48.5 Å². The van der Waals surface area contributed by atoms with Gasteiger partial charge in [-0.15, -0.1) is 0 Å². The minimum absolute atomic E-state index is 0.119. The summed E-state index contributed by atoms with van der Waals surface area (Å²) >= 11 is 0. The quantitative estimate of drug-likeness (QED) is 0.562. The molecule has 112 valence electrons. The van der Waals surface area contributed by atoms with E-state index in [-0.39, 0.29) is 12.5 Å². The second kappa shape index (κ2) is 6.54. The number of benzene rings is 2. The van der Waals surface area contributed by atoms with Crippen LogP contribution in [0.2, 0.25) is 0 Å². The number of rotatable bonds is 5. The maximum atomic E-state index is 12.3. The minimum Gasteiger partial charge on any atom is -0.396 e. The molecule has 0 aliphatic carbocycles. The molecule has 0 fully saturated rings. The van der Waals surface area contributed by atoms with E-state index in [9.17, 15) is 4.79 Å². The lowest BCUT2D eigenvalue weighted by Crippen LogP contribution is -2.25. The molecule has 0 spiro atoms. The van der Waals surface area contributed by atoms with Crippen molar-refractivity contribution in [2.24, 2.45) is 0 Å². The average Bonchev–Trinajstić information content (AvgIpc) is 2.56. The fourth-order valence-corrected chi connectivity index (χ4v) is 2.52. The number of amides is 1. The maximum absolute atomic E-state index is 12.3. The summed E-state index contributed by atoms with van der Waals surface area (Å²) in [6.45, 7) is 0.709. The Morgan fingerprint density at radius 2 is 1.86 bits per heavy atom. The molecule has 3 aromatic rings. The van der Waals surface area contributed by atoms with E-state index in [4.69, 9.17) is 5.11 Å². The summed E-state index contributed by atoms with van der Waals surface area (Å²) in [7, 11) is 0. The van der Waals surface area contributed by atoms with Crippen molar-refractivity contribution < 1.29 is 9.90 Å². The first-order valence-corrected chi connectivity index (χ1v) is 7.47. The molecular formula is C18H18N2O2. The third-order valence-electron chi connectivity index (χ3n) is 3.66. The topological polar surface area (TPSA) is 62.2 Å². The van der Waals surface area contributed by atoms with Crippen LogP contribution in [0.1, 0.15) is 23.2 Å². The number of carbonyl (C=O) groups excluding carboxylic acids is 1. The average molecular weight is 294 g/mol. The van der Waals surface area contributed by atoms with Gasteiger partial charge in [-0.2, -0.15) is 0 Å². The number of carbonyl (C=O) groups is 1. The third kappa shape index (κ3) is 2.92. The van der Waals surface area contributed by atoms with Crippen molar-refractivity contribution >= 4 is 27.7 Å². The van der Waals surface area contributed by atoms with E-state index < -0.39 is 0 Å². The van der Waals surface area contributed by atoms with Crippen molar-refractivity contribution in [3.8, 4) is 0 Å². The third-order valence-corrected chi connectivity index (χ3v) is 3.66. The number of nitrogens with zero attached hydrogens (tertiary/aromatic N) is 1. The number of hydrogen-bond acceptors (Lipinski definition) is 3. The maximum Gasteiger partial charge on any atom is 0.253 e. The molecule has 4 nitrogen and oxygen atoms in total. The van der Waals surface area contributed by atoms with E-state index in [1.165, 1.54) is 0 Å². The number of hydrogen-bond donors (Lipinski definition) is 2. The van der Waals surface area contributed by atoms with Gasteiger partial charge in [0.15, 0.2) is 0 Å². The number of aliphatic hydroxyl groups excluding tert-OH is 1. The SMILES string of the molecule is O=C(NCCCCO)c1cccc2cc3ccccc3nc12. The summed E-state index contributed by atoms with van der Waals surface area (Å²) in [5, 5.41) is 13.7. The van der Waals surface area contributed by atoms with Crippen molar-refractivity contribution in [1.82, 2.24) is 10.3 Å². The van der Waals surface area contributed by atoms with Crippen LogP contribution in [0.3, 0.4) is 0 Å². The first kappa shape index (κ1) is 14.5. The number of aliphatic hydroxyl groups is 1. The highest BCUT2D eigenvalue weighted by atomic mass is 16.2. The van der Waals surface area contributed by atoms with Crippen molar-refractivity contribution in [2.75, 3.05) is 13.2 Å². The van der Waals surface area contributed by atoms with Crippen molar-refractivity contribution in [1.29, 1.82) is 0 Å². The summed E-state index contributed by atoms with van der Waals surface area (Å²) in [5.74, 6) is -0.119. The Hall–Kier alpha value is -2.46. The van der Waals surface area contributed by atoms with Gasteiger partial charge >= 0.3 is 0 Å². The number of unbranched alkanes of at least 4 members (excludes halogenated alkanes) is 1. The first-order chi connectivity index (χ1) is 10.8. The van der Waals surface area contributed by atoms with E-state index in [0.29, 0.717) is 18.5 Å². The van der Waals surface area contributed by atoms with Gasteiger partial charge in [0.05, 0.1) is 16.6 Å². The van der Waals surface area contributed by atoms with Crippen molar-refractivity contribution in [2.45, 2.75) is 12.8 Å². The zero-order valence-corrected chi connectivity index (χ0v) is 12.2. The molecule has 3 rings (SSSR count). The molecule has 1 aromatic heterocycles. The molecule has 0 saturated heterocycles. The molecule has 0 aliphatic heterocycles. The van der Waals surface area contributed by atoms with Gasteiger partial charge in [0.1, 0.15) is 0 Å². The van der Waals surface area contributed by atoms with E-state index in [0.717, 1.165) is 28.2 Å². The second-order valence-corrected chi connectivity index (χ2v) is 5.24. The highest BCUT2D eigenvalue weighted by molar-refractivity contribution is 6.07. The van der Waals surface area contributed by atoms with Crippen LogP contribution in [-0.2, 0) is 0 Å². The summed E-state index contributed by atoms with van der Waals surface area (Å²) < 4.78 is 0. The highest BCUT2D eigenvalue weighted by Crippen LogP contribution is 2.22. The number of para-hydroxylation sites is 2. The summed E-state index contributed by atoms with van der Waals surface area (Å²) in [6, 6.07) is 15.6. The molecule has 0 bridgehead atoms. The van der Waals surface area contributed by atoms with Gasteiger partial charge in [0, 0.05) is 23.9 Å². The molecule has 2 aromatic carbocycles. The van der Waals surface area contributed by atoms with E-state index in [2.05, 4.69) is 16.4 Å². The van der Waals surface area contributed by atoms with E-state index in [1.807, 2.05) is 36.4 Å². The summed E-state index contributed by atoms with van der Waals surface area (Å²) in [5.41, 5.74) is 2.20. The van der Waals surface area contributed by atoms with Crippen LogP contribution in [0, 0.1) is 0 Å². The molecule has 2 N–H and O–H groups in total. The van der Waals surface area contributed by atoms with Gasteiger partial charge in [-0.05, 0) is 31.0 Å². The van der Waals surface area contributed by atoms with Gasteiger partial charge in [0.2, 0.25) is 0 Å². The lowest BCUT2D eigenvalue weighted by atomic mass is 10.1. The Labute approximate surface area is 128 Å². The zero-order valence-electron chi connectivity index (χ0n) is 12.2. The van der Waals surface area contributed by atoms with Gasteiger partial charge in [0.25, 0.3) is 5.91 Å². The number of fused-ring (bicyclic) bond motifs is 2. The Kier molecular flexibility index (Phi) is 4.30. The molecular weight excluding hydrogens is 276 g/mol. The summed E-state index contributed by atoms with van der Waals surface area (Å²) in [4.78, 5) is 17.0. The van der Waals surface area contributed by atoms with Crippen LogP contribution in [-0.4, -0.2) is 29.1 Å². The highest BCUT2D eigenvalue weighted by Gasteiger charge is 2.11. The molecule has 0 radical (unpaired) electrons. The fraction of sp³-hybridized carbons (Fsp3) is 0.222. The normalized spacial score (nSPS) is 11.0. The molecule has 22 heavy (non-hydrogen) atoms. The van der Waals surface area contributed by atoms with E-state index in [1.54, 1.807) is 6.07 Å². The largest absolute Gasteiger partial charge is 0.396 e. The predicted octanol–water partition coefficient (Wildman–Crippen LogP) is 2.89. The zero-order chi connectivity index (χ0) is 15.4. The molecule has 0 saturated carbocycles. The fourth-order valence-electron chi connectivity index (χ4n) is 2.52. The number of nitrogens with one attached hydrogen (secondary N) is 1. The summed E-state index contributed by atoms with van der Waals surface area (Å²) in [6.07, 6.45) is 1.46. The molecule has 1 heterocycles. The lowest BCUT2D eigenvalue weighted by molar-refractivity contribution is 0.0953. The van der Waals surface area contributed by atoms with Crippen molar-refractivity contribution in [3.63, 3.8) is 0 Å². The van der Waals surface area contributed by atoms with Gasteiger partial charge < -0.3 is 10.4 Å². The standard InChI is InChI=1S/C18H18N2O2/c21-11-4-3-10-19-18(22)15-8-5-7-14-12-13-6-1-2-9-16(13)20-17(14)15/h1-2,5-9,12,21H,3-4,10-11H2,(H,19,22). The Morgan fingerprint density at radius 1 is 1.05 bits per heavy atom. The van der Waals surface area contributed by atoms with E-state index >= 15 is 0 Å². The minimum atomic E-state index is -0.119. The van der Waals surface area contributed by atoms with Gasteiger partial charge in [-0.1, -0.05) is 30.3 Å². The van der Waals surface area contributed by atoms with Crippen LogP contribution >= 0.6 is 0 Å². The number of pyridine rings is 1. The van der Waals surface area contributed by atoms with Gasteiger partial charge in [-0.25, -0.2) is 4.98 Å². The Morgan fingerprint density at radius 3 is 2.73 bits per heavy atom. The van der Waals surface area contributed by atoms with Crippen molar-refractivity contribution in [3.05, 3.63) is 54.1 Å². The molecule has 0 atom stereocenters. The Balaban J connectivity index is 1.95. The van der Waals surface area contributed by atoms with Crippen LogP contribution in [0.25, 0.3) is 21.8 Å². The van der Waals surface area contributed by atoms with Gasteiger partial charge in [-0.3, -0.25) is 4.79 Å². The molecule has 4 heteroatoms.